The average Bonchev–Trinajstić information content (AvgIpc) is 3.36. The third-order valence-electron chi connectivity index (χ3n) is 6.11. The van der Waals surface area contributed by atoms with Crippen LogP contribution in [0.3, 0.4) is 0 Å². The predicted molar refractivity (Wildman–Crippen MR) is 124 cm³/mol. The second-order valence-electron chi connectivity index (χ2n) is 8.44. The number of pyridine rings is 1. The molecule has 1 aromatic carbocycles. The highest BCUT2D eigenvalue weighted by Crippen LogP contribution is 2.27. The number of aromatic nitrogens is 5. The van der Waals surface area contributed by atoms with Crippen LogP contribution in [0.15, 0.2) is 53.6 Å². The second-order valence-corrected chi connectivity index (χ2v) is 8.44. The highest BCUT2D eigenvalue weighted by molar-refractivity contribution is 5.81. The van der Waals surface area contributed by atoms with Crippen molar-refractivity contribution in [1.82, 2.24) is 28.8 Å². The highest BCUT2D eigenvalue weighted by Gasteiger charge is 2.28. The molecule has 170 valence electrons. The zero-order valence-corrected chi connectivity index (χ0v) is 18.9. The Balaban J connectivity index is 1.38. The lowest BCUT2D eigenvalue weighted by Gasteiger charge is -2.33. The number of ether oxygens (including phenoxy) is 1. The van der Waals surface area contributed by atoms with Gasteiger partial charge in [0.05, 0.1) is 36.1 Å². The molecule has 1 aliphatic rings. The summed E-state index contributed by atoms with van der Waals surface area (Å²) in [7, 11) is 3.60. The molecule has 0 radical (unpaired) electrons. The van der Waals surface area contributed by atoms with Crippen LogP contribution >= 0.6 is 0 Å². The number of para-hydroxylation sites is 2. The molecule has 33 heavy (non-hydrogen) atoms. The fraction of sp³-hybridized carbons (Fsp3) is 0.333. The van der Waals surface area contributed by atoms with Crippen molar-refractivity contribution < 1.29 is 9.53 Å². The van der Waals surface area contributed by atoms with Gasteiger partial charge < -0.3 is 9.64 Å². The maximum Gasteiger partial charge on any atom is 0.329 e. The Morgan fingerprint density at radius 2 is 1.94 bits per heavy atom. The number of nitrogens with zero attached hydrogens (tertiary/aromatic N) is 6. The lowest BCUT2D eigenvalue weighted by atomic mass is 10.1. The van der Waals surface area contributed by atoms with Crippen molar-refractivity contribution >= 4 is 16.9 Å². The van der Waals surface area contributed by atoms with Gasteiger partial charge in [-0.3, -0.25) is 23.6 Å². The minimum Gasteiger partial charge on any atom is -0.368 e. The second kappa shape index (κ2) is 8.32. The van der Waals surface area contributed by atoms with Crippen LogP contribution in [0.2, 0.25) is 0 Å². The summed E-state index contributed by atoms with van der Waals surface area (Å²) in [6.07, 6.45) is 3.44. The molecule has 1 aliphatic heterocycles. The Morgan fingerprint density at radius 1 is 1.15 bits per heavy atom. The molecule has 0 aliphatic carbocycles. The van der Waals surface area contributed by atoms with Gasteiger partial charge in [0.1, 0.15) is 12.6 Å². The maximum absolute atomic E-state index is 13.2. The van der Waals surface area contributed by atoms with Crippen molar-refractivity contribution in [3.05, 3.63) is 70.7 Å². The molecule has 1 amide bonds. The number of rotatable bonds is 4. The van der Waals surface area contributed by atoms with Crippen molar-refractivity contribution in [2.45, 2.75) is 19.6 Å². The highest BCUT2D eigenvalue weighted by atomic mass is 16.5. The summed E-state index contributed by atoms with van der Waals surface area (Å²) in [4.78, 5) is 32.3. The topological polar surface area (TPSA) is 87.2 Å². The van der Waals surface area contributed by atoms with Crippen LogP contribution in [0.25, 0.3) is 22.2 Å². The van der Waals surface area contributed by atoms with Gasteiger partial charge in [-0.1, -0.05) is 12.1 Å². The first-order chi connectivity index (χ1) is 15.9. The normalized spacial score (nSPS) is 16.5. The van der Waals surface area contributed by atoms with E-state index in [1.54, 1.807) is 21.2 Å². The molecule has 1 fully saturated rings. The number of imidazole rings is 1. The number of fused-ring (bicyclic) bond motifs is 1. The monoisotopic (exact) mass is 446 g/mol. The summed E-state index contributed by atoms with van der Waals surface area (Å²) in [6, 6.07) is 11.5. The average molecular weight is 447 g/mol. The molecular weight excluding hydrogens is 420 g/mol. The molecule has 0 unspecified atom stereocenters. The molecular formula is C24H26N6O3. The van der Waals surface area contributed by atoms with E-state index in [2.05, 4.69) is 10.1 Å². The lowest BCUT2D eigenvalue weighted by molar-refractivity contribution is -0.139. The van der Waals surface area contributed by atoms with E-state index in [9.17, 15) is 9.59 Å². The minimum absolute atomic E-state index is 0.00487. The Hall–Kier alpha value is -3.72. The van der Waals surface area contributed by atoms with Gasteiger partial charge in [0.25, 0.3) is 0 Å². The fourth-order valence-corrected chi connectivity index (χ4v) is 4.40. The van der Waals surface area contributed by atoms with Crippen molar-refractivity contribution in [1.29, 1.82) is 0 Å². The minimum atomic E-state index is -0.331. The molecule has 4 aromatic rings. The van der Waals surface area contributed by atoms with Crippen molar-refractivity contribution in [3.63, 3.8) is 0 Å². The van der Waals surface area contributed by atoms with E-state index in [0.29, 0.717) is 19.7 Å². The van der Waals surface area contributed by atoms with Gasteiger partial charge in [-0.2, -0.15) is 5.10 Å². The Labute approximate surface area is 190 Å². The third kappa shape index (κ3) is 3.95. The van der Waals surface area contributed by atoms with Crippen LogP contribution in [-0.2, 0) is 30.2 Å². The first kappa shape index (κ1) is 21.1. The Morgan fingerprint density at radius 3 is 2.70 bits per heavy atom. The lowest BCUT2D eigenvalue weighted by Crippen LogP contribution is -2.44. The fourth-order valence-electron chi connectivity index (χ4n) is 4.40. The van der Waals surface area contributed by atoms with Gasteiger partial charge in [-0.15, -0.1) is 0 Å². The predicted octanol–water partition coefficient (Wildman–Crippen LogP) is 2.04. The van der Waals surface area contributed by atoms with E-state index in [-0.39, 0.29) is 24.2 Å². The summed E-state index contributed by atoms with van der Waals surface area (Å²) in [5.74, 6) is -0.109. The summed E-state index contributed by atoms with van der Waals surface area (Å²) in [5, 5.41) is 4.25. The van der Waals surface area contributed by atoms with Crippen LogP contribution in [0.1, 0.15) is 17.5 Å². The van der Waals surface area contributed by atoms with Gasteiger partial charge in [-0.25, -0.2) is 4.79 Å². The summed E-state index contributed by atoms with van der Waals surface area (Å²) < 4.78 is 10.9. The first-order valence-electron chi connectivity index (χ1n) is 10.9. The van der Waals surface area contributed by atoms with Crippen molar-refractivity contribution in [2.24, 2.45) is 14.1 Å². The number of hydrogen-bond acceptors (Lipinski definition) is 5. The van der Waals surface area contributed by atoms with Crippen LogP contribution < -0.4 is 5.69 Å². The number of amides is 1. The quantitative estimate of drug-likeness (QED) is 0.479. The zero-order chi connectivity index (χ0) is 23.1. The third-order valence-corrected chi connectivity index (χ3v) is 6.11. The summed E-state index contributed by atoms with van der Waals surface area (Å²) in [6.45, 7) is 3.23. The molecule has 0 bridgehead atoms. The van der Waals surface area contributed by atoms with Crippen molar-refractivity contribution in [3.8, 4) is 11.1 Å². The van der Waals surface area contributed by atoms with Gasteiger partial charge in [-0.05, 0) is 36.8 Å². The standard InChI is InChI=1S/C24H26N6O3/c1-16-10-17(18-12-25-27(2)13-18)11-19(26-16)22-14-29(8-9-33-22)23(31)15-30-21-7-5-4-6-20(21)28(3)24(30)32/h4-7,10-13,22H,8-9,14-15H2,1-3H3/t22-/m0/s1. The molecule has 5 rings (SSSR count). The van der Waals surface area contributed by atoms with E-state index in [1.165, 1.54) is 4.57 Å². The molecule has 1 saturated heterocycles. The van der Waals surface area contributed by atoms with E-state index in [1.807, 2.05) is 62.8 Å². The Bertz CT molecular complexity index is 1400. The first-order valence-corrected chi connectivity index (χ1v) is 10.9. The summed E-state index contributed by atoms with van der Waals surface area (Å²) in [5.41, 5.74) is 5.04. The summed E-state index contributed by atoms with van der Waals surface area (Å²) >= 11 is 0. The molecule has 0 N–H and O–H groups in total. The zero-order valence-electron chi connectivity index (χ0n) is 18.9. The van der Waals surface area contributed by atoms with E-state index >= 15 is 0 Å². The molecule has 0 saturated carbocycles. The van der Waals surface area contributed by atoms with Crippen LogP contribution in [0.5, 0.6) is 0 Å². The van der Waals surface area contributed by atoms with E-state index < -0.39 is 0 Å². The van der Waals surface area contributed by atoms with E-state index in [4.69, 9.17) is 4.74 Å². The van der Waals surface area contributed by atoms with Crippen LogP contribution in [0, 0.1) is 6.92 Å². The van der Waals surface area contributed by atoms with E-state index in [0.717, 1.165) is 33.5 Å². The van der Waals surface area contributed by atoms with Crippen LogP contribution in [0.4, 0.5) is 0 Å². The number of carbonyl (C=O) groups excluding carboxylic acids is 1. The molecule has 4 heterocycles. The van der Waals surface area contributed by atoms with Gasteiger partial charge >= 0.3 is 5.69 Å². The van der Waals surface area contributed by atoms with Gasteiger partial charge in [0, 0.05) is 38.1 Å². The largest absolute Gasteiger partial charge is 0.368 e. The number of hydrogen-bond donors (Lipinski definition) is 0. The molecule has 0 spiro atoms. The van der Waals surface area contributed by atoms with Gasteiger partial charge in [0.2, 0.25) is 5.91 Å². The molecule has 9 nitrogen and oxygen atoms in total. The van der Waals surface area contributed by atoms with Gasteiger partial charge in [0.15, 0.2) is 0 Å². The Kier molecular flexibility index (Phi) is 5.33. The molecule has 3 aromatic heterocycles. The smallest absolute Gasteiger partial charge is 0.329 e. The van der Waals surface area contributed by atoms with Crippen LogP contribution in [-0.4, -0.2) is 54.4 Å². The van der Waals surface area contributed by atoms with Crippen molar-refractivity contribution in [2.75, 3.05) is 19.7 Å². The number of aryl methyl sites for hydroxylation is 3. The molecule has 9 heteroatoms. The maximum atomic E-state index is 13.2. The number of benzene rings is 1. The SMILES string of the molecule is Cc1cc(-c2cnn(C)c2)cc([C@@H]2CN(C(=O)Cn3c(=O)n(C)c4ccccc43)CCO2)n1. The number of morpholine rings is 1. The number of carbonyl (C=O) groups is 1. The molecule has 1 atom stereocenters.